The molecular weight excluding hydrogens is 272 g/mol. The van der Waals surface area contributed by atoms with Crippen molar-refractivity contribution < 1.29 is 19.1 Å². The SMILES string of the molecule is CCOCCC(=O)Nc1ccc(OC)c(C(=O)N(C)C)c1. The Kier molecular flexibility index (Phi) is 6.68. The number of amides is 2. The number of methoxy groups -OCH3 is 1. The first kappa shape index (κ1) is 17.0. The van der Waals surface area contributed by atoms with Crippen LogP contribution in [0.3, 0.4) is 0 Å². The van der Waals surface area contributed by atoms with Crippen LogP contribution in [0.25, 0.3) is 0 Å². The number of nitrogens with zero attached hydrogens (tertiary/aromatic N) is 1. The van der Waals surface area contributed by atoms with Gasteiger partial charge in [0.05, 0.1) is 25.7 Å². The Morgan fingerprint density at radius 2 is 2.00 bits per heavy atom. The molecule has 0 heterocycles. The fraction of sp³-hybridized carbons (Fsp3) is 0.467. The number of hydrogen-bond acceptors (Lipinski definition) is 4. The molecule has 0 bridgehead atoms. The molecule has 2 amide bonds. The summed E-state index contributed by atoms with van der Waals surface area (Å²) in [6.45, 7) is 2.83. The number of benzene rings is 1. The molecule has 6 heteroatoms. The first-order valence-corrected chi connectivity index (χ1v) is 6.76. The lowest BCUT2D eigenvalue weighted by Crippen LogP contribution is -2.22. The van der Waals surface area contributed by atoms with Gasteiger partial charge in [0.15, 0.2) is 0 Å². The summed E-state index contributed by atoms with van der Waals surface area (Å²) in [5, 5.41) is 2.74. The smallest absolute Gasteiger partial charge is 0.257 e. The number of ether oxygens (including phenoxy) is 2. The summed E-state index contributed by atoms with van der Waals surface area (Å²) in [7, 11) is 4.83. The molecule has 1 aromatic carbocycles. The average Bonchev–Trinajstić information content (AvgIpc) is 2.46. The normalized spacial score (nSPS) is 10.1. The lowest BCUT2D eigenvalue weighted by atomic mass is 10.1. The van der Waals surface area contributed by atoms with Crippen molar-refractivity contribution in [3.05, 3.63) is 23.8 Å². The van der Waals surface area contributed by atoms with Gasteiger partial charge in [0.2, 0.25) is 5.91 Å². The number of nitrogens with one attached hydrogen (secondary N) is 1. The summed E-state index contributed by atoms with van der Waals surface area (Å²) in [5.41, 5.74) is 0.965. The highest BCUT2D eigenvalue weighted by molar-refractivity contribution is 5.99. The molecule has 1 N–H and O–H groups in total. The molecule has 0 aliphatic rings. The van der Waals surface area contributed by atoms with Gasteiger partial charge in [-0.1, -0.05) is 0 Å². The predicted molar refractivity (Wildman–Crippen MR) is 80.8 cm³/mol. The molecule has 21 heavy (non-hydrogen) atoms. The molecule has 6 nitrogen and oxygen atoms in total. The Balaban J connectivity index is 2.83. The number of rotatable bonds is 7. The Bertz CT molecular complexity index is 500. The van der Waals surface area contributed by atoms with E-state index in [-0.39, 0.29) is 18.2 Å². The molecule has 0 saturated carbocycles. The summed E-state index contributed by atoms with van der Waals surface area (Å²) in [6.07, 6.45) is 0.275. The van der Waals surface area contributed by atoms with Gasteiger partial charge in [-0.25, -0.2) is 0 Å². The third-order valence-electron chi connectivity index (χ3n) is 2.80. The molecule has 0 fully saturated rings. The highest BCUT2D eigenvalue weighted by atomic mass is 16.5. The van der Waals surface area contributed by atoms with Crippen LogP contribution in [-0.2, 0) is 9.53 Å². The van der Waals surface area contributed by atoms with E-state index in [0.717, 1.165) is 0 Å². The average molecular weight is 294 g/mol. The Morgan fingerprint density at radius 3 is 2.57 bits per heavy atom. The maximum atomic E-state index is 12.1. The van der Waals surface area contributed by atoms with E-state index >= 15 is 0 Å². The van der Waals surface area contributed by atoms with Crippen LogP contribution in [0.4, 0.5) is 5.69 Å². The van der Waals surface area contributed by atoms with E-state index in [1.54, 1.807) is 32.3 Å². The molecule has 0 unspecified atom stereocenters. The summed E-state index contributed by atoms with van der Waals surface area (Å²) >= 11 is 0. The third kappa shape index (κ3) is 5.07. The van der Waals surface area contributed by atoms with Gasteiger partial charge >= 0.3 is 0 Å². The number of anilines is 1. The molecule has 0 spiro atoms. The van der Waals surface area contributed by atoms with Crippen LogP contribution in [0.5, 0.6) is 5.75 Å². The minimum Gasteiger partial charge on any atom is -0.496 e. The zero-order valence-electron chi connectivity index (χ0n) is 12.9. The minimum atomic E-state index is -0.183. The fourth-order valence-electron chi connectivity index (χ4n) is 1.73. The zero-order chi connectivity index (χ0) is 15.8. The van der Waals surface area contributed by atoms with Crippen LogP contribution in [0.1, 0.15) is 23.7 Å². The van der Waals surface area contributed by atoms with Crippen molar-refractivity contribution >= 4 is 17.5 Å². The molecule has 1 aromatic rings. The van der Waals surface area contributed by atoms with Crippen LogP contribution in [-0.4, -0.2) is 51.1 Å². The van der Waals surface area contributed by atoms with Gasteiger partial charge in [0.1, 0.15) is 5.75 Å². The van der Waals surface area contributed by atoms with Gasteiger partial charge < -0.3 is 19.7 Å². The predicted octanol–water partition coefficient (Wildman–Crippen LogP) is 1.76. The number of carbonyl (C=O) groups excluding carboxylic acids is 2. The van der Waals surface area contributed by atoms with Crippen molar-refractivity contribution in [3.8, 4) is 5.75 Å². The van der Waals surface area contributed by atoms with E-state index in [1.165, 1.54) is 12.0 Å². The minimum absolute atomic E-state index is 0.156. The second-order valence-corrected chi connectivity index (χ2v) is 4.61. The van der Waals surface area contributed by atoms with Gasteiger partial charge in [-0.2, -0.15) is 0 Å². The molecule has 0 atom stereocenters. The lowest BCUT2D eigenvalue weighted by molar-refractivity contribution is -0.117. The van der Waals surface area contributed by atoms with Crippen LogP contribution in [0, 0.1) is 0 Å². The maximum Gasteiger partial charge on any atom is 0.257 e. The molecular formula is C15H22N2O4. The van der Waals surface area contributed by atoms with E-state index < -0.39 is 0 Å². The van der Waals surface area contributed by atoms with Gasteiger partial charge in [0.25, 0.3) is 5.91 Å². The van der Waals surface area contributed by atoms with Gasteiger partial charge in [0, 0.05) is 26.4 Å². The van der Waals surface area contributed by atoms with Crippen LogP contribution < -0.4 is 10.1 Å². The van der Waals surface area contributed by atoms with Gasteiger partial charge in [-0.3, -0.25) is 9.59 Å². The lowest BCUT2D eigenvalue weighted by Gasteiger charge is -2.15. The standard InChI is InChI=1S/C15H22N2O4/c1-5-21-9-8-14(18)16-11-6-7-13(20-4)12(10-11)15(19)17(2)3/h6-7,10H,5,8-9H2,1-4H3,(H,16,18). The van der Waals surface area contributed by atoms with Crippen LogP contribution in [0.2, 0.25) is 0 Å². The largest absolute Gasteiger partial charge is 0.496 e. The van der Waals surface area contributed by atoms with E-state index in [0.29, 0.717) is 30.2 Å². The molecule has 1 rings (SSSR count). The van der Waals surface area contributed by atoms with E-state index in [1.807, 2.05) is 6.92 Å². The third-order valence-corrected chi connectivity index (χ3v) is 2.80. The topological polar surface area (TPSA) is 67.9 Å². The zero-order valence-corrected chi connectivity index (χ0v) is 12.9. The van der Waals surface area contributed by atoms with Crippen molar-refractivity contribution in [3.63, 3.8) is 0 Å². The highest BCUT2D eigenvalue weighted by Crippen LogP contribution is 2.23. The Hall–Kier alpha value is -2.08. The second kappa shape index (κ2) is 8.26. The molecule has 0 aromatic heterocycles. The summed E-state index contributed by atoms with van der Waals surface area (Å²) < 4.78 is 10.3. The maximum absolute atomic E-state index is 12.1. The number of hydrogen-bond donors (Lipinski definition) is 1. The van der Waals surface area contributed by atoms with Crippen molar-refractivity contribution in [1.29, 1.82) is 0 Å². The first-order valence-electron chi connectivity index (χ1n) is 6.76. The molecule has 0 radical (unpaired) electrons. The molecule has 0 aliphatic carbocycles. The van der Waals surface area contributed by atoms with Crippen molar-refractivity contribution in [2.24, 2.45) is 0 Å². The summed E-state index contributed by atoms with van der Waals surface area (Å²) in [5.74, 6) is 0.134. The Morgan fingerprint density at radius 1 is 1.29 bits per heavy atom. The van der Waals surface area contributed by atoms with Crippen molar-refractivity contribution in [1.82, 2.24) is 4.90 Å². The summed E-state index contributed by atoms with van der Waals surface area (Å²) in [6, 6.07) is 4.97. The van der Waals surface area contributed by atoms with Gasteiger partial charge in [-0.15, -0.1) is 0 Å². The van der Waals surface area contributed by atoms with E-state index in [2.05, 4.69) is 5.32 Å². The van der Waals surface area contributed by atoms with Gasteiger partial charge in [-0.05, 0) is 25.1 Å². The van der Waals surface area contributed by atoms with Crippen LogP contribution in [0.15, 0.2) is 18.2 Å². The first-order chi connectivity index (χ1) is 9.99. The van der Waals surface area contributed by atoms with Crippen molar-refractivity contribution in [2.45, 2.75) is 13.3 Å². The second-order valence-electron chi connectivity index (χ2n) is 4.61. The van der Waals surface area contributed by atoms with Crippen LogP contribution >= 0.6 is 0 Å². The number of carbonyl (C=O) groups is 2. The fourth-order valence-corrected chi connectivity index (χ4v) is 1.73. The van der Waals surface area contributed by atoms with Crippen molar-refractivity contribution in [2.75, 3.05) is 39.7 Å². The molecule has 0 saturated heterocycles. The highest BCUT2D eigenvalue weighted by Gasteiger charge is 2.15. The van der Waals surface area contributed by atoms with E-state index in [9.17, 15) is 9.59 Å². The monoisotopic (exact) mass is 294 g/mol. The summed E-state index contributed by atoms with van der Waals surface area (Å²) in [4.78, 5) is 25.3. The molecule has 116 valence electrons. The molecule has 0 aliphatic heterocycles. The van der Waals surface area contributed by atoms with E-state index in [4.69, 9.17) is 9.47 Å². The quantitative estimate of drug-likeness (QED) is 0.778. The Labute approximate surface area is 125 Å².